The van der Waals surface area contributed by atoms with Crippen LogP contribution in [0.4, 0.5) is 22.1 Å². The van der Waals surface area contributed by atoms with E-state index in [1.165, 1.54) is 11.1 Å². The first-order valence-corrected chi connectivity index (χ1v) is 11.3. The molecule has 1 N–H and O–H groups in total. The predicted molar refractivity (Wildman–Crippen MR) is 128 cm³/mol. The van der Waals surface area contributed by atoms with E-state index in [-0.39, 0.29) is 18.1 Å². The zero-order valence-electron chi connectivity index (χ0n) is 19.5. The summed E-state index contributed by atoms with van der Waals surface area (Å²) in [5.41, 5.74) is 4.97. The molecule has 3 heterocycles. The number of nitrogens with one attached hydrogen (secondary N) is 1. The smallest absolute Gasteiger partial charge is 0.414 e. The Labute approximate surface area is 193 Å². The first kappa shape index (κ1) is 21.5. The molecule has 0 unspecified atom stereocenters. The molecule has 1 atom stereocenters. The first-order chi connectivity index (χ1) is 15.9. The summed E-state index contributed by atoms with van der Waals surface area (Å²) in [5, 5.41) is 4.23. The number of fused-ring (bicyclic) bond motifs is 2. The van der Waals surface area contributed by atoms with Crippen LogP contribution in [-0.2, 0) is 17.7 Å². The van der Waals surface area contributed by atoms with Gasteiger partial charge in [-0.25, -0.2) is 14.8 Å². The second-order valence-corrected chi connectivity index (χ2v) is 9.13. The number of rotatable bonds is 5. The molecule has 1 amide bonds. The molecule has 0 bridgehead atoms. The molecule has 0 spiro atoms. The molecular weight excluding hydrogens is 418 g/mol. The first-order valence-electron chi connectivity index (χ1n) is 11.3. The predicted octanol–water partition coefficient (Wildman–Crippen LogP) is 4.35. The minimum atomic E-state index is -0.316. The molecule has 33 heavy (non-hydrogen) atoms. The summed E-state index contributed by atoms with van der Waals surface area (Å²) in [5.74, 6) is 1.53. The van der Waals surface area contributed by atoms with Gasteiger partial charge < -0.3 is 19.7 Å². The number of cyclic esters (lactones) is 1. The van der Waals surface area contributed by atoms with Gasteiger partial charge in [0.15, 0.2) is 0 Å². The fourth-order valence-corrected chi connectivity index (χ4v) is 4.56. The number of anilines is 3. The van der Waals surface area contributed by atoms with Gasteiger partial charge in [0.2, 0.25) is 5.95 Å². The SMILES string of the molecule is COc1cc2c(cc1Nc1ncc3ccc(N4C(=O)OC[C@H]4C(C)C)cc3n1)CN(C)CC2. The van der Waals surface area contributed by atoms with E-state index in [0.29, 0.717) is 12.6 Å². The van der Waals surface area contributed by atoms with Gasteiger partial charge in [-0.1, -0.05) is 13.8 Å². The number of likely N-dealkylation sites (N-methyl/N-ethyl adjacent to an activating group) is 1. The van der Waals surface area contributed by atoms with Crippen LogP contribution >= 0.6 is 0 Å². The Kier molecular flexibility index (Phi) is 5.54. The average Bonchev–Trinajstić information content (AvgIpc) is 3.19. The Bertz CT molecular complexity index is 1210. The molecule has 2 aliphatic heterocycles. The molecular formula is C25H29N5O3. The maximum atomic E-state index is 12.4. The van der Waals surface area contributed by atoms with Gasteiger partial charge in [-0.2, -0.15) is 0 Å². The van der Waals surface area contributed by atoms with Gasteiger partial charge in [0.25, 0.3) is 0 Å². The van der Waals surface area contributed by atoms with Crippen LogP contribution in [0, 0.1) is 5.92 Å². The monoisotopic (exact) mass is 447 g/mol. The number of carbonyl (C=O) groups is 1. The van der Waals surface area contributed by atoms with Gasteiger partial charge in [0, 0.05) is 30.4 Å². The summed E-state index contributed by atoms with van der Waals surface area (Å²) in [6, 6.07) is 10.0. The number of hydrogen-bond donors (Lipinski definition) is 1. The molecule has 172 valence electrons. The Morgan fingerprint density at radius 3 is 2.85 bits per heavy atom. The Morgan fingerprint density at radius 1 is 1.21 bits per heavy atom. The summed E-state index contributed by atoms with van der Waals surface area (Å²) in [4.78, 5) is 25.6. The molecule has 8 nitrogen and oxygen atoms in total. The molecule has 1 saturated heterocycles. The molecule has 1 fully saturated rings. The van der Waals surface area contributed by atoms with Crippen LogP contribution in [0.5, 0.6) is 5.75 Å². The van der Waals surface area contributed by atoms with E-state index in [4.69, 9.17) is 14.5 Å². The van der Waals surface area contributed by atoms with Crippen LogP contribution in [0.2, 0.25) is 0 Å². The Hall–Kier alpha value is -3.39. The Balaban J connectivity index is 1.47. The fraction of sp³-hybridized carbons (Fsp3) is 0.400. The van der Waals surface area contributed by atoms with Crippen LogP contribution in [0.3, 0.4) is 0 Å². The molecule has 0 aliphatic carbocycles. The highest BCUT2D eigenvalue weighted by molar-refractivity contribution is 5.93. The van der Waals surface area contributed by atoms with Gasteiger partial charge in [-0.3, -0.25) is 4.90 Å². The van der Waals surface area contributed by atoms with Gasteiger partial charge in [-0.15, -0.1) is 0 Å². The zero-order chi connectivity index (χ0) is 23.1. The van der Waals surface area contributed by atoms with Crippen molar-refractivity contribution in [2.75, 3.05) is 37.5 Å². The van der Waals surface area contributed by atoms with Crippen LogP contribution in [0.25, 0.3) is 10.9 Å². The lowest BCUT2D eigenvalue weighted by Gasteiger charge is -2.26. The third-order valence-electron chi connectivity index (χ3n) is 6.49. The summed E-state index contributed by atoms with van der Waals surface area (Å²) >= 11 is 0. The highest BCUT2D eigenvalue weighted by atomic mass is 16.6. The molecule has 0 saturated carbocycles. The topological polar surface area (TPSA) is 79.8 Å². The summed E-state index contributed by atoms with van der Waals surface area (Å²) in [6.07, 6.45) is 2.48. The fourth-order valence-electron chi connectivity index (χ4n) is 4.56. The molecule has 2 aliphatic rings. The van der Waals surface area contributed by atoms with Crippen molar-refractivity contribution >= 4 is 34.3 Å². The standard InChI is InChI=1S/C25H29N5O3/c1-15(2)22-14-33-25(31)30(22)19-6-5-17-12-26-24(27-20(17)11-19)28-21-9-18-13-29(3)8-7-16(18)10-23(21)32-4/h5-6,9-12,15,22H,7-8,13-14H2,1-4H3,(H,26,27,28)/t22-/m0/s1. The van der Waals surface area contributed by atoms with E-state index in [0.717, 1.165) is 47.5 Å². The van der Waals surface area contributed by atoms with Crippen molar-refractivity contribution in [3.8, 4) is 5.75 Å². The number of nitrogens with zero attached hydrogens (tertiary/aromatic N) is 4. The van der Waals surface area contributed by atoms with E-state index in [2.05, 4.69) is 48.2 Å². The average molecular weight is 448 g/mol. The number of ether oxygens (including phenoxy) is 2. The van der Waals surface area contributed by atoms with Crippen LogP contribution in [0.1, 0.15) is 25.0 Å². The lowest BCUT2D eigenvalue weighted by molar-refractivity contribution is 0.177. The zero-order valence-corrected chi connectivity index (χ0v) is 19.5. The van der Waals surface area contributed by atoms with E-state index in [1.54, 1.807) is 18.2 Å². The molecule has 1 aromatic heterocycles. The number of hydrogen-bond acceptors (Lipinski definition) is 7. The van der Waals surface area contributed by atoms with E-state index >= 15 is 0 Å². The van der Waals surface area contributed by atoms with Crippen molar-refractivity contribution in [2.24, 2.45) is 5.92 Å². The second-order valence-electron chi connectivity index (χ2n) is 9.13. The highest BCUT2D eigenvalue weighted by Gasteiger charge is 2.36. The molecule has 2 aromatic carbocycles. The summed E-state index contributed by atoms with van der Waals surface area (Å²) in [7, 11) is 3.81. The maximum absolute atomic E-state index is 12.4. The number of methoxy groups -OCH3 is 1. The normalized spacial score (nSPS) is 18.5. The van der Waals surface area contributed by atoms with Crippen molar-refractivity contribution in [2.45, 2.75) is 32.9 Å². The lowest BCUT2D eigenvalue weighted by atomic mass is 9.99. The van der Waals surface area contributed by atoms with Crippen LogP contribution < -0.4 is 15.0 Å². The Morgan fingerprint density at radius 2 is 2.06 bits per heavy atom. The van der Waals surface area contributed by atoms with Crippen molar-refractivity contribution < 1.29 is 14.3 Å². The van der Waals surface area contributed by atoms with Gasteiger partial charge in [-0.05, 0) is 60.8 Å². The molecule has 0 radical (unpaired) electrons. The van der Waals surface area contributed by atoms with Gasteiger partial charge in [0.05, 0.1) is 24.4 Å². The third kappa shape index (κ3) is 4.06. The van der Waals surface area contributed by atoms with Gasteiger partial charge in [0.1, 0.15) is 12.4 Å². The maximum Gasteiger partial charge on any atom is 0.414 e. The summed E-state index contributed by atoms with van der Waals surface area (Å²) in [6.45, 7) is 6.53. The lowest BCUT2D eigenvalue weighted by Crippen LogP contribution is -2.37. The largest absolute Gasteiger partial charge is 0.495 e. The molecule has 5 rings (SSSR count). The van der Waals surface area contributed by atoms with E-state index in [1.807, 2.05) is 18.2 Å². The molecule has 3 aromatic rings. The van der Waals surface area contributed by atoms with Crippen LogP contribution in [-0.4, -0.2) is 54.3 Å². The number of aromatic nitrogens is 2. The minimum absolute atomic E-state index is 0.00673. The van der Waals surface area contributed by atoms with E-state index in [9.17, 15) is 4.79 Å². The quantitative estimate of drug-likeness (QED) is 0.623. The minimum Gasteiger partial charge on any atom is -0.495 e. The summed E-state index contributed by atoms with van der Waals surface area (Å²) < 4.78 is 11.0. The number of carbonyl (C=O) groups excluding carboxylic acids is 1. The van der Waals surface area contributed by atoms with Gasteiger partial charge >= 0.3 is 6.09 Å². The number of amides is 1. The van der Waals surface area contributed by atoms with Crippen molar-refractivity contribution in [1.82, 2.24) is 14.9 Å². The highest BCUT2D eigenvalue weighted by Crippen LogP contribution is 2.34. The second kappa shape index (κ2) is 8.51. The van der Waals surface area contributed by atoms with Crippen molar-refractivity contribution in [1.29, 1.82) is 0 Å². The molecule has 8 heteroatoms. The van der Waals surface area contributed by atoms with Crippen LogP contribution in [0.15, 0.2) is 36.5 Å². The number of benzene rings is 2. The van der Waals surface area contributed by atoms with E-state index < -0.39 is 0 Å². The van der Waals surface area contributed by atoms with Crippen molar-refractivity contribution in [3.05, 3.63) is 47.7 Å². The van der Waals surface area contributed by atoms with Crippen molar-refractivity contribution in [3.63, 3.8) is 0 Å². The third-order valence-corrected chi connectivity index (χ3v) is 6.49.